The van der Waals surface area contributed by atoms with Gasteiger partial charge in [-0.15, -0.1) is 0 Å². The van der Waals surface area contributed by atoms with Crippen LogP contribution in [0.2, 0.25) is 0 Å². The molecule has 0 aromatic heterocycles. The van der Waals surface area contributed by atoms with E-state index in [4.69, 9.17) is 5.73 Å². The first-order chi connectivity index (χ1) is 5.72. The van der Waals surface area contributed by atoms with E-state index in [1.54, 1.807) is 0 Å². The Bertz CT molecular complexity index is 211. The molecule has 3 rings (SSSR count). The van der Waals surface area contributed by atoms with Crippen LogP contribution in [0.25, 0.3) is 0 Å². The Morgan fingerprint density at radius 2 is 2.17 bits per heavy atom. The van der Waals surface area contributed by atoms with E-state index in [1.807, 2.05) is 0 Å². The first kappa shape index (κ1) is 7.37. The van der Waals surface area contributed by atoms with Gasteiger partial charge in [-0.1, -0.05) is 19.8 Å². The standard InChI is InChI=1S/C11H19N/c1-11-6-8(11)4-2-3-7-5-9(7)10(11)12/h7-10H,2-6,12H2,1H3/t7?,8?,9-,10?,11+/m0/s1. The van der Waals surface area contributed by atoms with Gasteiger partial charge < -0.3 is 5.73 Å². The maximum Gasteiger partial charge on any atom is 0.0127 e. The highest BCUT2D eigenvalue weighted by Gasteiger charge is 2.60. The molecule has 12 heavy (non-hydrogen) atoms. The van der Waals surface area contributed by atoms with Gasteiger partial charge in [0.15, 0.2) is 0 Å². The van der Waals surface area contributed by atoms with Crippen LogP contribution in [0, 0.1) is 23.2 Å². The zero-order valence-electron chi connectivity index (χ0n) is 7.92. The van der Waals surface area contributed by atoms with E-state index in [0.29, 0.717) is 11.5 Å². The molecule has 0 aromatic carbocycles. The molecule has 0 bridgehead atoms. The molecular weight excluding hydrogens is 146 g/mol. The van der Waals surface area contributed by atoms with Crippen LogP contribution >= 0.6 is 0 Å². The Kier molecular flexibility index (Phi) is 1.27. The molecule has 3 fully saturated rings. The third-order valence-corrected chi connectivity index (χ3v) is 4.79. The van der Waals surface area contributed by atoms with Gasteiger partial charge in [0, 0.05) is 6.04 Å². The average Bonchev–Trinajstić information content (AvgIpc) is 2.89. The number of nitrogens with two attached hydrogens (primary N) is 1. The van der Waals surface area contributed by atoms with Crippen LogP contribution in [0.1, 0.15) is 39.0 Å². The molecule has 3 saturated carbocycles. The zero-order valence-corrected chi connectivity index (χ0v) is 7.92. The van der Waals surface area contributed by atoms with Crippen LogP contribution in [-0.4, -0.2) is 6.04 Å². The van der Waals surface area contributed by atoms with Gasteiger partial charge in [0.2, 0.25) is 0 Å². The van der Waals surface area contributed by atoms with Crippen molar-refractivity contribution in [2.24, 2.45) is 28.9 Å². The van der Waals surface area contributed by atoms with E-state index >= 15 is 0 Å². The van der Waals surface area contributed by atoms with E-state index in [0.717, 1.165) is 17.8 Å². The van der Waals surface area contributed by atoms with Gasteiger partial charge in [-0.2, -0.15) is 0 Å². The maximum atomic E-state index is 6.31. The van der Waals surface area contributed by atoms with Crippen LogP contribution in [0.5, 0.6) is 0 Å². The first-order valence-corrected chi connectivity index (χ1v) is 5.47. The normalized spacial score (nSPS) is 62.5. The van der Waals surface area contributed by atoms with Crippen LogP contribution in [0.15, 0.2) is 0 Å². The summed E-state index contributed by atoms with van der Waals surface area (Å²) in [5.74, 6) is 2.94. The van der Waals surface area contributed by atoms with Gasteiger partial charge >= 0.3 is 0 Å². The van der Waals surface area contributed by atoms with E-state index < -0.39 is 0 Å². The summed E-state index contributed by atoms with van der Waals surface area (Å²) >= 11 is 0. The lowest BCUT2D eigenvalue weighted by Crippen LogP contribution is -2.34. The molecule has 0 aliphatic heterocycles. The summed E-state index contributed by atoms with van der Waals surface area (Å²) in [6.45, 7) is 2.42. The van der Waals surface area contributed by atoms with E-state index in [-0.39, 0.29) is 0 Å². The van der Waals surface area contributed by atoms with Gasteiger partial charge in [0.25, 0.3) is 0 Å². The maximum absolute atomic E-state index is 6.31. The van der Waals surface area contributed by atoms with E-state index in [9.17, 15) is 0 Å². The minimum atomic E-state index is 0.549. The van der Waals surface area contributed by atoms with Crippen molar-refractivity contribution in [1.29, 1.82) is 0 Å². The Labute approximate surface area is 74.7 Å². The summed E-state index contributed by atoms with van der Waals surface area (Å²) in [5, 5.41) is 0. The molecule has 0 saturated heterocycles. The minimum absolute atomic E-state index is 0.549. The lowest BCUT2D eigenvalue weighted by molar-refractivity contribution is 0.316. The summed E-state index contributed by atoms with van der Waals surface area (Å²) < 4.78 is 0. The van der Waals surface area contributed by atoms with Crippen molar-refractivity contribution >= 4 is 0 Å². The summed E-state index contributed by atoms with van der Waals surface area (Å²) in [6.07, 6.45) is 7.30. The number of rotatable bonds is 0. The van der Waals surface area contributed by atoms with Crippen molar-refractivity contribution in [2.75, 3.05) is 0 Å². The molecule has 3 aliphatic rings. The predicted molar refractivity (Wildman–Crippen MR) is 49.6 cm³/mol. The number of hydrogen-bond donors (Lipinski definition) is 1. The van der Waals surface area contributed by atoms with Crippen molar-refractivity contribution in [1.82, 2.24) is 0 Å². The summed E-state index contributed by atoms with van der Waals surface area (Å²) in [4.78, 5) is 0. The smallest absolute Gasteiger partial charge is 0.0127 e. The molecule has 5 atom stereocenters. The van der Waals surface area contributed by atoms with Gasteiger partial charge in [0.1, 0.15) is 0 Å². The number of fused-ring (bicyclic) bond motifs is 2. The summed E-state index contributed by atoms with van der Waals surface area (Å²) in [6, 6.07) is 0.549. The van der Waals surface area contributed by atoms with E-state index in [2.05, 4.69) is 6.92 Å². The Hall–Kier alpha value is -0.0400. The van der Waals surface area contributed by atoms with Gasteiger partial charge in [0.05, 0.1) is 0 Å². The molecule has 0 spiro atoms. The largest absolute Gasteiger partial charge is 0.327 e. The van der Waals surface area contributed by atoms with Gasteiger partial charge in [-0.25, -0.2) is 0 Å². The highest BCUT2D eigenvalue weighted by atomic mass is 14.8. The molecule has 1 heteroatoms. The lowest BCUT2D eigenvalue weighted by atomic mass is 9.87. The van der Waals surface area contributed by atoms with Crippen molar-refractivity contribution in [3.05, 3.63) is 0 Å². The van der Waals surface area contributed by atoms with Crippen LogP contribution in [0.3, 0.4) is 0 Å². The third kappa shape index (κ3) is 0.834. The molecular formula is C11H19N. The lowest BCUT2D eigenvalue weighted by Gasteiger charge is -2.23. The molecule has 1 nitrogen and oxygen atoms in total. The fraction of sp³-hybridized carbons (Fsp3) is 1.00. The van der Waals surface area contributed by atoms with Crippen LogP contribution < -0.4 is 5.73 Å². The van der Waals surface area contributed by atoms with Crippen molar-refractivity contribution in [2.45, 2.75) is 45.1 Å². The Morgan fingerprint density at radius 3 is 3.00 bits per heavy atom. The third-order valence-electron chi connectivity index (χ3n) is 4.79. The Balaban J connectivity index is 1.81. The SMILES string of the molecule is C[C@@]12CC1CCCC1C[C@@H]1C2N. The average molecular weight is 165 g/mol. The highest BCUT2D eigenvalue weighted by molar-refractivity contribution is 5.12. The van der Waals surface area contributed by atoms with Crippen LogP contribution in [-0.2, 0) is 0 Å². The van der Waals surface area contributed by atoms with Crippen molar-refractivity contribution in [3.63, 3.8) is 0 Å². The topological polar surface area (TPSA) is 26.0 Å². The fourth-order valence-corrected chi connectivity index (χ4v) is 3.47. The molecule has 68 valence electrons. The first-order valence-electron chi connectivity index (χ1n) is 5.47. The summed E-state index contributed by atoms with van der Waals surface area (Å²) in [5.41, 5.74) is 6.88. The molecule has 3 aliphatic carbocycles. The quantitative estimate of drug-likeness (QED) is 0.585. The fourth-order valence-electron chi connectivity index (χ4n) is 3.47. The molecule has 3 unspecified atom stereocenters. The monoisotopic (exact) mass is 165 g/mol. The summed E-state index contributed by atoms with van der Waals surface area (Å²) in [7, 11) is 0. The van der Waals surface area contributed by atoms with Gasteiger partial charge in [-0.3, -0.25) is 0 Å². The number of hydrogen-bond acceptors (Lipinski definition) is 1. The molecule has 0 heterocycles. The second-order valence-corrected chi connectivity index (χ2v) is 5.52. The Morgan fingerprint density at radius 1 is 1.33 bits per heavy atom. The zero-order chi connectivity index (χ0) is 8.34. The minimum Gasteiger partial charge on any atom is -0.327 e. The van der Waals surface area contributed by atoms with Gasteiger partial charge in [-0.05, 0) is 42.4 Å². The molecule has 0 aromatic rings. The second-order valence-electron chi connectivity index (χ2n) is 5.52. The highest BCUT2D eigenvalue weighted by Crippen LogP contribution is 2.64. The molecule has 0 amide bonds. The molecule has 2 N–H and O–H groups in total. The molecule has 0 radical (unpaired) electrons. The van der Waals surface area contributed by atoms with Crippen molar-refractivity contribution in [3.8, 4) is 0 Å². The second kappa shape index (κ2) is 2.06. The van der Waals surface area contributed by atoms with Crippen molar-refractivity contribution < 1.29 is 0 Å². The van der Waals surface area contributed by atoms with E-state index in [1.165, 1.54) is 32.1 Å². The van der Waals surface area contributed by atoms with Crippen LogP contribution in [0.4, 0.5) is 0 Å². The predicted octanol–water partition coefficient (Wildman–Crippen LogP) is 2.16.